The zero-order valence-electron chi connectivity index (χ0n) is 13.3. The molecule has 0 spiro atoms. The Morgan fingerprint density at radius 1 is 1.48 bits per heavy atom. The molecule has 0 aromatic carbocycles. The van der Waals surface area contributed by atoms with Crippen LogP contribution in [0.2, 0.25) is 5.15 Å². The van der Waals surface area contributed by atoms with Gasteiger partial charge in [-0.1, -0.05) is 43.1 Å². The summed E-state index contributed by atoms with van der Waals surface area (Å²) >= 11 is 7.56. The van der Waals surface area contributed by atoms with Crippen molar-refractivity contribution in [3.8, 4) is 0 Å². The highest BCUT2D eigenvalue weighted by atomic mass is 35.5. The SMILES string of the molecule is CSc1nc(Cl)cc(NCC2(N(C)C)CCCC(C)C2)n1. The molecule has 2 atom stereocenters. The molecule has 1 aromatic rings. The van der Waals surface area contributed by atoms with E-state index in [1.165, 1.54) is 37.4 Å². The monoisotopic (exact) mass is 328 g/mol. The molecule has 0 saturated heterocycles. The van der Waals surface area contributed by atoms with Gasteiger partial charge in [0.15, 0.2) is 5.16 Å². The maximum Gasteiger partial charge on any atom is 0.190 e. The predicted octanol–water partition coefficient (Wildman–Crippen LogP) is 3.77. The van der Waals surface area contributed by atoms with Gasteiger partial charge >= 0.3 is 0 Å². The highest BCUT2D eigenvalue weighted by Gasteiger charge is 2.36. The molecule has 1 N–H and O–H groups in total. The minimum absolute atomic E-state index is 0.203. The summed E-state index contributed by atoms with van der Waals surface area (Å²) in [6.45, 7) is 3.25. The summed E-state index contributed by atoms with van der Waals surface area (Å²) < 4.78 is 0. The van der Waals surface area contributed by atoms with Gasteiger partial charge in [-0.15, -0.1) is 0 Å². The van der Waals surface area contributed by atoms with Crippen LogP contribution in [0.25, 0.3) is 0 Å². The summed E-state index contributed by atoms with van der Waals surface area (Å²) in [5.74, 6) is 1.59. The van der Waals surface area contributed by atoms with E-state index in [2.05, 4.69) is 41.2 Å². The lowest BCUT2D eigenvalue weighted by Crippen LogP contribution is -2.52. The second kappa shape index (κ2) is 7.16. The van der Waals surface area contributed by atoms with E-state index in [1.54, 1.807) is 6.07 Å². The Hall–Kier alpha value is -0.520. The fourth-order valence-electron chi connectivity index (χ4n) is 3.19. The lowest BCUT2D eigenvalue weighted by Gasteiger charge is -2.45. The molecule has 21 heavy (non-hydrogen) atoms. The number of halogens is 1. The van der Waals surface area contributed by atoms with Gasteiger partial charge in [-0.25, -0.2) is 9.97 Å². The molecule has 2 rings (SSSR count). The van der Waals surface area contributed by atoms with E-state index in [9.17, 15) is 0 Å². The number of hydrogen-bond acceptors (Lipinski definition) is 5. The van der Waals surface area contributed by atoms with Crippen molar-refractivity contribution in [1.82, 2.24) is 14.9 Å². The van der Waals surface area contributed by atoms with Crippen LogP contribution >= 0.6 is 23.4 Å². The number of rotatable bonds is 5. The molecular weight excluding hydrogens is 304 g/mol. The molecule has 0 radical (unpaired) electrons. The Labute approximate surface area is 137 Å². The van der Waals surface area contributed by atoms with Gasteiger partial charge in [0.1, 0.15) is 11.0 Å². The maximum absolute atomic E-state index is 6.06. The van der Waals surface area contributed by atoms with Gasteiger partial charge in [0, 0.05) is 18.2 Å². The number of nitrogens with zero attached hydrogens (tertiary/aromatic N) is 3. The van der Waals surface area contributed by atoms with Gasteiger partial charge in [0.2, 0.25) is 0 Å². The molecule has 0 amide bonds. The summed E-state index contributed by atoms with van der Waals surface area (Å²) in [6.07, 6.45) is 7.04. The molecule has 118 valence electrons. The van der Waals surface area contributed by atoms with E-state index < -0.39 is 0 Å². The van der Waals surface area contributed by atoms with Crippen LogP contribution in [0.5, 0.6) is 0 Å². The van der Waals surface area contributed by atoms with Crippen molar-refractivity contribution >= 4 is 29.2 Å². The van der Waals surface area contributed by atoms with Crippen molar-refractivity contribution < 1.29 is 0 Å². The average molecular weight is 329 g/mol. The second-order valence-electron chi connectivity index (χ2n) is 6.24. The molecule has 1 saturated carbocycles. The van der Waals surface area contributed by atoms with Gasteiger partial charge in [0.05, 0.1) is 0 Å². The summed E-state index contributed by atoms with van der Waals surface area (Å²) in [5, 5.41) is 4.68. The standard InChI is InChI=1S/C15H25ClN4S/c1-11-6-5-7-15(9-11,20(2)3)10-17-13-8-12(16)18-14(19-13)21-4/h8,11H,5-7,9-10H2,1-4H3,(H,17,18,19). The van der Waals surface area contributed by atoms with Gasteiger partial charge < -0.3 is 10.2 Å². The third-order valence-corrected chi connectivity index (χ3v) is 5.21. The fraction of sp³-hybridized carbons (Fsp3) is 0.733. The number of nitrogens with one attached hydrogen (secondary N) is 1. The number of hydrogen-bond donors (Lipinski definition) is 1. The molecule has 1 aliphatic rings. The minimum Gasteiger partial charge on any atom is -0.368 e. The Kier molecular flexibility index (Phi) is 5.74. The van der Waals surface area contributed by atoms with Crippen LogP contribution in [0.4, 0.5) is 5.82 Å². The van der Waals surface area contributed by atoms with Gasteiger partial charge in [-0.2, -0.15) is 0 Å². The largest absolute Gasteiger partial charge is 0.368 e. The van der Waals surface area contributed by atoms with Gasteiger partial charge in [0.25, 0.3) is 0 Å². The molecule has 2 unspecified atom stereocenters. The lowest BCUT2D eigenvalue weighted by atomic mass is 9.75. The highest BCUT2D eigenvalue weighted by Crippen LogP contribution is 2.35. The highest BCUT2D eigenvalue weighted by molar-refractivity contribution is 7.98. The topological polar surface area (TPSA) is 41.1 Å². The van der Waals surface area contributed by atoms with Crippen LogP contribution in [-0.2, 0) is 0 Å². The van der Waals surface area contributed by atoms with Crippen molar-refractivity contribution in [2.75, 3.05) is 32.2 Å². The van der Waals surface area contributed by atoms with Crippen LogP contribution in [0.1, 0.15) is 32.6 Å². The first kappa shape index (κ1) is 16.8. The number of thioether (sulfide) groups is 1. The van der Waals surface area contributed by atoms with E-state index in [0.29, 0.717) is 10.3 Å². The van der Waals surface area contributed by atoms with Gasteiger partial charge in [-0.3, -0.25) is 0 Å². The average Bonchev–Trinajstić information content (AvgIpc) is 2.44. The summed E-state index contributed by atoms with van der Waals surface area (Å²) in [5.41, 5.74) is 0.203. The van der Waals surface area contributed by atoms with E-state index in [1.807, 2.05) is 6.26 Å². The van der Waals surface area contributed by atoms with Crippen LogP contribution in [0.3, 0.4) is 0 Å². The fourth-order valence-corrected chi connectivity index (χ4v) is 3.80. The molecule has 0 bridgehead atoms. The molecular formula is C15H25ClN4S. The van der Waals surface area contributed by atoms with E-state index in [4.69, 9.17) is 11.6 Å². The quantitative estimate of drug-likeness (QED) is 0.506. The van der Waals surface area contributed by atoms with E-state index >= 15 is 0 Å². The Bertz CT molecular complexity index is 483. The molecule has 1 aromatic heterocycles. The van der Waals surface area contributed by atoms with Crippen molar-refractivity contribution in [2.24, 2.45) is 5.92 Å². The summed E-state index contributed by atoms with van der Waals surface area (Å²) in [7, 11) is 4.36. The third-order valence-electron chi connectivity index (χ3n) is 4.47. The molecule has 1 heterocycles. The van der Waals surface area contributed by atoms with Crippen LogP contribution in [0, 0.1) is 5.92 Å². The second-order valence-corrected chi connectivity index (χ2v) is 7.40. The predicted molar refractivity (Wildman–Crippen MR) is 91.4 cm³/mol. The molecule has 0 aliphatic heterocycles. The number of likely N-dealkylation sites (N-methyl/N-ethyl adjacent to an activating group) is 1. The smallest absolute Gasteiger partial charge is 0.190 e. The summed E-state index contributed by atoms with van der Waals surface area (Å²) in [4.78, 5) is 11.0. The summed E-state index contributed by atoms with van der Waals surface area (Å²) in [6, 6.07) is 1.80. The van der Waals surface area contributed by atoms with Crippen molar-refractivity contribution in [3.63, 3.8) is 0 Å². The molecule has 1 aliphatic carbocycles. The first-order valence-corrected chi connectivity index (χ1v) is 9.05. The van der Waals surface area contributed by atoms with Crippen LogP contribution in [-0.4, -0.2) is 47.3 Å². The zero-order valence-corrected chi connectivity index (χ0v) is 14.9. The zero-order chi connectivity index (χ0) is 15.5. The first-order chi connectivity index (χ1) is 9.95. The van der Waals surface area contributed by atoms with Crippen molar-refractivity contribution in [3.05, 3.63) is 11.2 Å². The number of aromatic nitrogens is 2. The van der Waals surface area contributed by atoms with Crippen LogP contribution < -0.4 is 5.32 Å². The molecule has 1 fully saturated rings. The maximum atomic E-state index is 6.06. The Morgan fingerprint density at radius 2 is 2.24 bits per heavy atom. The first-order valence-electron chi connectivity index (χ1n) is 7.45. The van der Waals surface area contributed by atoms with E-state index in [-0.39, 0.29) is 5.54 Å². The normalized spacial score (nSPS) is 26.1. The minimum atomic E-state index is 0.203. The number of anilines is 1. The Morgan fingerprint density at radius 3 is 2.86 bits per heavy atom. The molecule has 6 heteroatoms. The lowest BCUT2D eigenvalue weighted by molar-refractivity contribution is 0.0881. The van der Waals surface area contributed by atoms with Crippen molar-refractivity contribution in [1.29, 1.82) is 0 Å². The molecule has 4 nitrogen and oxygen atoms in total. The third kappa shape index (κ3) is 4.24. The van der Waals surface area contributed by atoms with Gasteiger partial charge in [-0.05, 0) is 39.1 Å². The Balaban J connectivity index is 2.10. The van der Waals surface area contributed by atoms with E-state index in [0.717, 1.165) is 18.3 Å². The van der Waals surface area contributed by atoms with Crippen molar-refractivity contribution in [2.45, 2.75) is 43.3 Å². The van der Waals surface area contributed by atoms with Crippen LogP contribution in [0.15, 0.2) is 11.2 Å².